The Labute approximate surface area is 183 Å². The van der Waals surface area contributed by atoms with Crippen LogP contribution >= 0.6 is 0 Å². The molecule has 0 amide bonds. The molecule has 1 N–H and O–H groups in total. The fourth-order valence-corrected chi connectivity index (χ4v) is 8.91. The average Bonchev–Trinajstić information content (AvgIpc) is 3.05. The van der Waals surface area contributed by atoms with Crippen molar-refractivity contribution in [3.8, 4) is 0 Å². The first-order valence-electron chi connectivity index (χ1n) is 12.6. The van der Waals surface area contributed by atoms with Gasteiger partial charge in [-0.25, -0.2) is 9.78 Å². The molecular formula is C27H42O3. The lowest BCUT2D eigenvalue weighted by atomic mass is 9.42. The maximum atomic E-state index is 10.4. The highest BCUT2D eigenvalue weighted by Crippen LogP contribution is 2.72. The van der Waals surface area contributed by atoms with Crippen LogP contribution in [0.1, 0.15) is 92.4 Å². The molecule has 2 aliphatic heterocycles. The summed E-state index contributed by atoms with van der Waals surface area (Å²) in [6.07, 6.45) is 17.1. The zero-order chi connectivity index (χ0) is 21.4. The summed E-state index contributed by atoms with van der Waals surface area (Å²) >= 11 is 0. The van der Waals surface area contributed by atoms with Gasteiger partial charge in [0.05, 0.1) is 6.10 Å². The van der Waals surface area contributed by atoms with Crippen molar-refractivity contribution in [3.05, 3.63) is 23.8 Å². The van der Waals surface area contributed by atoms with Crippen LogP contribution < -0.4 is 0 Å². The smallest absolute Gasteiger partial charge is 0.130 e. The maximum Gasteiger partial charge on any atom is 0.130 e. The normalized spacial score (nSPS) is 52.3. The predicted molar refractivity (Wildman–Crippen MR) is 120 cm³/mol. The van der Waals surface area contributed by atoms with Crippen LogP contribution in [0.4, 0.5) is 0 Å². The molecule has 0 aromatic heterocycles. The van der Waals surface area contributed by atoms with E-state index in [1.165, 1.54) is 44.1 Å². The van der Waals surface area contributed by atoms with E-state index < -0.39 is 5.60 Å². The van der Waals surface area contributed by atoms with Crippen molar-refractivity contribution in [1.29, 1.82) is 0 Å². The molecule has 6 aliphatic rings. The third kappa shape index (κ3) is 2.67. The lowest BCUT2D eigenvalue weighted by molar-refractivity contribution is -0.497. The van der Waals surface area contributed by atoms with E-state index in [4.69, 9.17) is 9.78 Å². The standard InChI is InChI=1S/C27H42O3/c1-18(2)7-6-8-19(3)21-9-10-22-24(21,4)13-12-23-25(5)14-11-20(28)17-26(25)15-16-27(22,23)30-29-26/h7,15-16,19-23,28H,6,8-14,17H2,1-5H3/t19-,20+,21-,22?,23?,24-,25-,26-,27+/m1/s1. The van der Waals surface area contributed by atoms with Crippen LogP contribution in [0.3, 0.4) is 0 Å². The van der Waals surface area contributed by atoms with Crippen LogP contribution in [-0.4, -0.2) is 22.4 Å². The Kier molecular flexibility index (Phi) is 4.90. The molecule has 4 fully saturated rings. The van der Waals surface area contributed by atoms with Gasteiger partial charge in [-0.15, -0.1) is 0 Å². The molecule has 6 rings (SSSR count). The first-order valence-corrected chi connectivity index (χ1v) is 12.6. The van der Waals surface area contributed by atoms with E-state index in [2.05, 4.69) is 52.8 Å². The quantitative estimate of drug-likeness (QED) is 0.429. The Hall–Kier alpha value is -0.640. The van der Waals surface area contributed by atoms with Crippen molar-refractivity contribution in [2.45, 2.75) is 110 Å². The zero-order valence-electron chi connectivity index (χ0n) is 19.7. The number of aliphatic hydroxyl groups is 1. The number of aliphatic hydroxyl groups excluding tert-OH is 1. The molecule has 168 valence electrons. The Morgan fingerprint density at radius 3 is 2.57 bits per heavy atom. The lowest BCUT2D eigenvalue weighted by Gasteiger charge is -2.69. The zero-order valence-corrected chi connectivity index (χ0v) is 19.7. The van der Waals surface area contributed by atoms with Crippen LogP contribution in [0.2, 0.25) is 0 Å². The van der Waals surface area contributed by atoms with Crippen LogP contribution in [-0.2, 0) is 9.78 Å². The second-order valence-electron chi connectivity index (χ2n) is 12.2. The Balaban J connectivity index is 1.44. The highest BCUT2D eigenvalue weighted by Gasteiger charge is 2.74. The second-order valence-corrected chi connectivity index (χ2v) is 12.2. The first kappa shape index (κ1) is 21.2. The van der Waals surface area contributed by atoms with Crippen molar-refractivity contribution in [3.63, 3.8) is 0 Å². The van der Waals surface area contributed by atoms with Crippen molar-refractivity contribution in [1.82, 2.24) is 0 Å². The van der Waals surface area contributed by atoms with Crippen LogP contribution in [0, 0.1) is 34.5 Å². The Bertz CT molecular complexity index is 753. The topological polar surface area (TPSA) is 38.7 Å². The molecule has 0 radical (unpaired) electrons. The lowest BCUT2D eigenvalue weighted by Crippen LogP contribution is -2.73. The predicted octanol–water partition coefficient (Wildman–Crippen LogP) is 6.37. The van der Waals surface area contributed by atoms with E-state index >= 15 is 0 Å². The highest BCUT2D eigenvalue weighted by atomic mass is 17.2. The van der Waals surface area contributed by atoms with Gasteiger partial charge in [-0.05, 0) is 88.5 Å². The monoisotopic (exact) mass is 414 g/mol. The van der Waals surface area contributed by atoms with E-state index in [1.54, 1.807) is 0 Å². The van der Waals surface area contributed by atoms with Gasteiger partial charge in [-0.3, -0.25) is 0 Å². The van der Waals surface area contributed by atoms with Crippen molar-refractivity contribution in [2.24, 2.45) is 34.5 Å². The first-order chi connectivity index (χ1) is 14.2. The van der Waals surface area contributed by atoms with Crippen LogP contribution in [0.25, 0.3) is 0 Å². The van der Waals surface area contributed by atoms with Gasteiger partial charge in [0.2, 0.25) is 0 Å². The molecule has 2 bridgehead atoms. The van der Waals surface area contributed by atoms with E-state index in [0.29, 0.717) is 23.7 Å². The van der Waals surface area contributed by atoms with Gasteiger partial charge < -0.3 is 5.11 Å². The number of rotatable bonds is 4. The largest absolute Gasteiger partial charge is 0.393 e. The molecular weight excluding hydrogens is 372 g/mol. The van der Waals surface area contributed by atoms with Crippen molar-refractivity contribution < 1.29 is 14.9 Å². The third-order valence-corrected chi connectivity index (χ3v) is 10.6. The molecule has 4 aliphatic carbocycles. The summed E-state index contributed by atoms with van der Waals surface area (Å²) in [5.74, 6) is 2.57. The molecule has 2 spiro atoms. The Morgan fingerprint density at radius 2 is 1.87 bits per heavy atom. The van der Waals surface area contributed by atoms with Gasteiger partial charge in [0, 0.05) is 23.7 Å². The molecule has 0 aromatic rings. The molecule has 3 saturated carbocycles. The van der Waals surface area contributed by atoms with E-state index in [1.807, 2.05) is 0 Å². The molecule has 9 atom stereocenters. The molecule has 2 heterocycles. The summed E-state index contributed by atoms with van der Waals surface area (Å²) < 4.78 is 0. The summed E-state index contributed by atoms with van der Waals surface area (Å²) in [6, 6.07) is 0. The Morgan fingerprint density at radius 1 is 1.07 bits per heavy atom. The van der Waals surface area contributed by atoms with Crippen molar-refractivity contribution in [2.75, 3.05) is 0 Å². The summed E-state index contributed by atoms with van der Waals surface area (Å²) in [7, 11) is 0. The molecule has 3 nitrogen and oxygen atoms in total. The van der Waals surface area contributed by atoms with Gasteiger partial charge in [0.1, 0.15) is 11.2 Å². The van der Waals surface area contributed by atoms with Gasteiger partial charge in [-0.1, -0.05) is 38.5 Å². The molecule has 3 heteroatoms. The highest BCUT2D eigenvalue weighted by molar-refractivity contribution is 5.33. The fraction of sp³-hybridized carbons (Fsp3) is 0.852. The van der Waals surface area contributed by atoms with E-state index in [0.717, 1.165) is 24.7 Å². The second kappa shape index (κ2) is 6.93. The van der Waals surface area contributed by atoms with Crippen LogP contribution in [0.15, 0.2) is 23.8 Å². The van der Waals surface area contributed by atoms with Gasteiger partial charge >= 0.3 is 0 Å². The number of hydrogen-bond acceptors (Lipinski definition) is 3. The minimum Gasteiger partial charge on any atom is -0.393 e. The molecule has 1 saturated heterocycles. The minimum atomic E-state index is -0.430. The van der Waals surface area contributed by atoms with Crippen molar-refractivity contribution >= 4 is 0 Å². The number of fused-ring (bicyclic) bond motifs is 2. The SMILES string of the molecule is CC(C)=CCC[C@@H](C)[C@H]1CCC2[C@@]34C=C[C@]5(C[C@@H](O)CC[C@]5(C)C3CC[C@@]21C)OO4. The third-order valence-electron chi connectivity index (χ3n) is 10.6. The number of hydrogen-bond donors (Lipinski definition) is 1. The molecule has 2 unspecified atom stereocenters. The summed E-state index contributed by atoms with van der Waals surface area (Å²) in [6.45, 7) is 11.9. The molecule has 0 aromatic carbocycles. The summed E-state index contributed by atoms with van der Waals surface area (Å²) in [4.78, 5) is 12.7. The number of allylic oxidation sites excluding steroid dienone is 2. The van der Waals surface area contributed by atoms with Gasteiger partial charge in [0.15, 0.2) is 0 Å². The van der Waals surface area contributed by atoms with Gasteiger partial charge in [0.25, 0.3) is 0 Å². The maximum absolute atomic E-state index is 10.4. The minimum absolute atomic E-state index is 0.0771. The van der Waals surface area contributed by atoms with Gasteiger partial charge in [-0.2, -0.15) is 0 Å². The summed E-state index contributed by atoms with van der Waals surface area (Å²) in [5.41, 5.74) is 1.15. The fourth-order valence-electron chi connectivity index (χ4n) is 8.91. The van der Waals surface area contributed by atoms with E-state index in [9.17, 15) is 5.11 Å². The average molecular weight is 415 g/mol. The summed E-state index contributed by atoms with van der Waals surface area (Å²) in [5, 5.41) is 10.4. The van der Waals surface area contributed by atoms with Crippen LogP contribution in [0.5, 0.6) is 0 Å². The molecule has 30 heavy (non-hydrogen) atoms. The van der Waals surface area contributed by atoms with E-state index in [-0.39, 0.29) is 17.1 Å².